The summed E-state index contributed by atoms with van der Waals surface area (Å²) >= 11 is 5.75. The number of halogens is 4. The van der Waals surface area contributed by atoms with E-state index in [1.54, 1.807) is 18.2 Å². The molecule has 0 saturated carbocycles. The summed E-state index contributed by atoms with van der Waals surface area (Å²) in [5.74, 6) is 0. The van der Waals surface area contributed by atoms with Crippen molar-refractivity contribution < 1.29 is 12.9 Å². The summed E-state index contributed by atoms with van der Waals surface area (Å²) in [4.78, 5) is 0. The van der Waals surface area contributed by atoms with Gasteiger partial charge in [-0.2, -0.15) is 0 Å². The van der Waals surface area contributed by atoms with Gasteiger partial charge < -0.3 is 12.9 Å². The van der Waals surface area contributed by atoms with Crippen LogP contribution in [0.5, 0.6) is 0 Å². The maximum Gasteiger partial charge on any atom is 0.492 e. The molecule has 0 unspecified atom stereocenters. The van der Waals surface area contributed by atoms with Crippen LogP contribution in [-0.2, 0) is 5.31 Å². The van der Waals surface area contributed by atoms with Crippen LogP contribution in [0.3, 0.4) is 0 Å². The molecule has 2 rings (SSSR count). The Hall–Kier alpha value is -1.42. The lowest BCUT2D eigenvalue weighted by Gasteiger charge is -2.40. The van der Waals surface area contributed by atoms with Gasteiger partial charge in [-0.1, -0.05) is 72.1 Å². The first-order valence-electron chi connectivity index (χ1n) is 5.86. The third-order valence-electron chi connectivity index (χ3n) is 3.47. The molecule has 0 N–H and O–H groups in total. The summed E-state index contributed by atoms with van der Waals surface area (Å²) in [5, 5.41) is -1.56. The Labute approximate surface area is 115 Å². The van der Waals surface area contributed by atoms with Crippen molar-refractivity contribution in [3.63, 3.8) is 0 Å². The normalized spacial score (nSPS) is 15.0. The summed E-state index contributed by atoms with van der Waals surface area (Å²) in [6.07, 6.45) is 0. The molecule has 0 aliphatic carbocycles. The van der Waals surface area contributed by atoms with E-state index < -0.39 is 12.3 Å². The van der Waals surface area contributed by atoms with E-state index in [-0.39, 0.29) is 11.1 Å². The number of benzene rings is 2. The Morgan fingerprint density at radius 1 is 0.842 bits per heavy atom. The van der Waals surface area contributed by atoms with Crippen LogP contribution in [0.25, 0.3) is 0 Å². The molecule has 0 amide bonds. The molecule has 19 heavy (non-hydrogen) atoms. The van der Waals surface area contributed by atoms with Gasteiger partial charge in [-0.3, -0.25) is 0 Å². The molecule has 2 aromatic carbocycles. The summed E-state index contributed by atoms with van der Waals surface area (Å²) in [5.41, 5.74) is 0.445. The zero-order chi connectivity index (χ0) is 14.1. The molecule has 1 atom stereocenters. The molecule has 0 nitrogen and oxygen atoms in total. The van der Waals surface area contributed by atoms with Crippen molar-refractivity contribution in [2.45, 2.75) is 12.2 Å². The van der Waals surface area contributed by atoms with Crippen molar-refractivity contribution in [3.8, 4) is 0 Å². The second-order valence-electron chi connectivity index (χ2n) is 4.65. The quantitative estimate of drug-likeness (QED) is 0.693. The second kappa shape index (κ2) is 4.93. The Kier molecular flexibility index (Phi) is 3.63. The molecular formula is C14H12BClF3-. The third kappa shape index (κ3) is 2.50. The average Bonchev–Trinajstić information content (AvgIpc) is 2.38. The fraction of sp³-hybridized carbons (Fsp3) is 0.143. The first-order chi connectivity index (χ1) is 8.85. The van der Waals surface area contributed by atoms with Gasteiger partial charge in [0.2, 0.25) is 0 Å². The zero-order valence-electron chi connectivity index (χ0n) is 10.3. The fourth-order valence-electron chi connectivity index (χ4n) is 2.13. The SMILES string of the molecule is C[C@](c1ccccc1)(c1ccc(Cl)cc1)[B-](F)(F)F. The number of hydrogen-bond donors (Lipinski definition) is 0. The van der Waals surface area contributed by atoms with Crippen molar-refractivity contribution in [3.05, 3.63) is 70.7 Å². The van der Waals surface area contributed by atoms with Gasteiger partial charge in [0, 0.05) is 5.02 Å². The van der Waals surface area contributed by atoms with Crippen LogP contribution in [0, 0.1) is 0 Å². The zero-order valence-corrected chi connectivity index (χ0v) is 11.0. The Morgan fingerprint density at radius 2 is 1.32 bits per heavy atom. The maximum atomic E-state index is 13.6. The van der Waals surface area contributed by atoms with Gasteiger partial charge in [0.1, 0.15) is 0 Å². The van der Waals surface area contributed by atoms with Crippen LogP contribution in [0.2, 0.25) is 5.02 Å². The number of hydrogen-bond acceptors (Lipinski definition) is 0. The van der Waals surface area contributed by atoms with Crippen LogP contribution in [-0.4, -0.2) is 6.98 Å². The van der Waals surface area contributed by atoms with Gasteiger partial charge in [0.05, 0.1) is 0 Å². The van der Waals surface area contributed by atoms with Crippen molar-refractivity contribution in [2.75, 3.05) is 0 Å². The van der Waals surface area contributed by atoms with E-state index in [0.717, 1.165) is 0 Å². The topological polar surface area (TPSA) is 0 Å². The number of rotatable bonds is 3. The smallest absolute Gasteiger partial charge is 0.448 e. The fourth-order valence-corrected chi connectivity index (χ4v) is 2.25. The molecule has 100 valence electrons. The molecule has 0 radical (unpaired) electrons. The molecule has 0 heterocycles. The lowest BCUT2D eigenvalue weighted by molar-refractivity contribution is 0.407. The molecule has 0 saturated heterocycles. The van der Waals surface area contributed by atoms with Gasteiger partial charge in [-0.15, -0.1) is 0 Å². The van der Waals surface area contributed by atoms with E-state index in [4.69, 9.17) is 11.6 Å². The molecule has 0 aliphatic heterocycles. The van der Waals surface area contributed by atoms with E-state index in [1.165, 1.54) is 43.3 Å². The molecule has 0 spiro atoms. The summed E-state index contributed by atoms with van der Waals surface area (Å²) < 4.78 is 40.8. The van der Waals surface area contributed by atoms with E-state index in [1.807, 2.05) is 0 Å². The van der Waals surface area contributed by atoms with Gasteiger partial charge in [-0.25, -0.2) is 0 Å². The predicted octanol–water partition coefficient (Wildman–Crippen LogP) is 5.03. The molecular weight excluding hydrogens is 271 g/mol. The van der Waals surface area contributed by atoms with Gasteiger partial charge in [0.25, 0.3) is 0 Å². The van der Waals surface area contributed by atoms with Crippen molar-refractivity contribution in [1.29, 1.82) is 0 Å². The third-order valence-corrected chi connectivity index (χ3v) is 3.72. The summed E-state index contributed by atoms with van der Waals surface area (Å²) in [7, 11) is 0. The van der Waals surface area contributed by atoms with Crippen LogP contribution in [0.1, 0.15) is 18.1 Å². The Bertz CT molecular complexity index is 551. The molecule has 2 aromatic rings. The molecule has 0 aromatic heterocycles. The minimum Gasteiger partial charge on any atom is -0.448 e. The average molecular weight is 284 g/mol. The lowest BCUT2D eigenvalue weighted by atomic mass is 9.52. The molecule has 0 fully saturated rings. The first kappa shape index (κ1) is 14.0. The van der Waals surface area contributed by atoms with Crippen LogP contribution in [0.4, 0.5) is 12.9 Å². The minimum absolute atomic E-state index is 0.204. The molecule has 5 heteroatoms. The highest BCUT2D eigenvalue weighted by atomic mass is 35.5. The van der Waals surface area contributed by atoms with Crippen LogP contribution < -0.4 is 0 Å². The maximum absolute atomic E-state index is 13.6. The Morgan fingerprint density at radius 3 is 1.79 bits per heavy atom. The first-order valence-corrected chi connectivity index (χ1v) is 6.24. The van der Waals surface area contributed by atoms with E-state index in [9.17, 15) is 12.9 Å². The van der Waals surface area contributed by atoms with Crippen molar-refractivity contribution in [2.24, 2.45) is 0 Å². The Balaban J connectivity index is 2.63. The highest BCUT2D eigenvalue weighted by Crippen LogP contribution is 2.42. The van der Waals surface area contributed by atoms with Crippen molar-refractivity contribution in [1.82, 2.24) is 0 Å². The highest BCUT2D eigenvalue weighted by molar-refractivity contribution is 6.63. The van der Waals surface area contributed by atoms with E-state index in [0.29, 0.717) is 5.02 Å². The highest BCUT2D eigenvalue weighted by Gasteiger charge is 2.48. The van der Waals surface area contributed by atoms with Gasteiger partial charge in [0.15, 0.2) is 0 Å². The molecule has 0 aliphatic rings. The van der Waals surface area contributed by atoms with E-state index in [2.05, 4.69) is 0 Å². The second-order valence-corrected chi connectivity index (χ2v) is 5.09. The van der Waals surface area contributed by atoms with Crippen molar-refractivity contribution >= 4 is 18.6 Å². The minimum atomic E-state index is -5.09. The predicted molar refractivity (Wildman–Crippen MR) is 73.4 cm³/mol. The van der Waals surface area contributed by atoms with E-state index >= 15 is 0 Å². The largest absolute Gasteiger partial charge is 0.492 e. The summed E-state index contributed by atoms with van der Waals surface area (Å²) in [6.45, 7) is -3.88. The van der Waals surface area contributed by atoms with Crippen LogP contribution >= 0.6 is 11.6 Å². The van der Waals surface area contributed by atoms with Gasteiger partial charge in [-0.05, 0) is 17.4 Å². The lowest BCUT2D eigenvalue weighted by Crippen LogP contribution is -2.45. The monoisotopic (exact) mass is 283 g/mol. The summed E-state index contributed by atoms with van der Waals surface area (Å²) in [6, 6.07) is 13.8. The van der Waals surface area contributed by atoms with Gasteiger partial charge >= 0.3 is 6.98 Å². The molecule has 0 bridgehead atoms. The standard InChI is InChI=1S/C14H12BClF3/c1-14(15(17,18)19,11-5-3-2-4-6-11)12-7-9-13(16)10-8-12/h2-10H,1H3/q-1/t14-/m0/s1. The van der Waals surface area contributed by atoms with Crippen LogP contribution in [0.15, 0.2) is 54.6 Å².